The van der Waals surface area contributed by atoms with Crippen LogP contribution in [0.15, 0.2) is 34.0 Å². The molecule has 5 nitrogen and oxygen atoms in total. The van der Waals surface area contributed by atoms with E-state index in [2.05, 4.69) is 4.99 Å². The molecule has 0 saturated heterocycles. The zero-order valence-corrected chi connectivity index (χ0v) is 13.4. The van der Waals surface area contributed by atoms with Crippen molar-refractivity contribution >= 4 is 40.0 Å². The maximum absolute atomic E-state index is 13.2. The number of carbonyl (C=O) groups excluding carboxylic acids is 1. The zero-order chi connectivity index (χ0) is 18.4. The number of benzene rings is 1. The van der Waals surface area contributed by atoms with E-state index in [1.54, 1.807) is 16.8 Å². The molecule has 25 heavy (non-hydrogen) atoms. The van der Waals surface area contributed by atoms with Gasteiger partial charge in [0.2, 0.25) is 6.08 Å². The van der Waals surface area contributed by atoms with Gasteiger partial charge in [0, 0.05) is 10.8 Å². The second-order valence-electron chi connectivity index (χ2n) is 5.15. The first-order valence-electron chi connectivity index (χ1n) is 6.86. The Morgan fingerprint density at radius 2 is 2.04 bits per heavy atom. The Hall–Kier alpha value is -2.90. The Balaban J connectivity index is 2.56. The molecule has 0 aliphatic carbocycles. The summed E-state index contributed by atoms with van der Waals surface area (Å²) in [4.78, 5) is 25.9. The number of halogens is 3. The molecule has 0 bridgehead atoms. The molecule has 0 spiro atoms. The van der Waals surface area contributed by atoms with Crippen LogP contribution in [0.4, 0.5) is 18.9 Å². The number of hydrogen-bond acceptors (Lipinski definition) is 4. The topological polar surface area (TPSA) is 71.7 Å². The monoisotopic (exact) mass is 366 g/mol. The van der Waals surface area contributed by atoms with Gasteiger partial charge in [-0.05, 0) is 36.1 Å². The number of thiophene rings is 1. The fourth-order valence-electron chi connectivity index (χ4n) is 2.84. The molecule has 0 saturated carbocycles. The molecule has 0 radical (unpaired) electrons. The van der Waals surface area contributed by atoms with Gasteiger partial charge in [-0.1, -0.05) is 0 Å². The van der Waals surface area contributed by atoms with E-state index in [1.807, 2.05) is 0 Å². The Morgan fingerprint density at radius 1 is 1.32 bits per heavy atom. The van der Waals surface area contributed by atoms with Crippen LogP contribution in [0.5, 0.6) is 0 Å². The van der Waals surface area contributed by atoms with E-state index >= 15 is 0 Å². The number of aryl methyl sites for hydroxylation is 1. The number of aromatic carboxylic acids is 1. The fourth-order valence-corrected chi connectivity index (χ4v) is 3.46. The molecule has 0 fully saturated rings. The standard InChI is InChI=1S/C16H9F3N2O3S/c1-8-10(16(17,18)19)2-3-11-12(8)13(20-7-22)14(15(23)24)21(11)9-4-5-25-6-9/h2-6H,1H3,(H,23,24). The average Bonchev–Trinajstić information content (AvgIpc) is 3.12. The lowest BCUT2D eigenvalue weighted by Crippen LogP contribution is -2.08. The molecule has 128 valence electrons. The minimum atomic E-state index is -4.62. The van der Waals surface area contributed by atoms with Crippen molar-refractivity contribution in [3.05, 3.63) is 45.8 Å². The molecule has 1 aromatic carbocycles. The number of fused-ring (bicyclic) bond motifs is 1. The molecule has 2 aromatic heterocycles. The maximum atomic E-state index is 13.2. The molecule has 0 aliphatic rings. The van der Waals surface area contributed by atoms with Crippen molar-refractivity contribution in [2.75, 3.05) is 0 Å². The quantitative estimate of drug-likeness (QED) is 0.540. The molecular formula is C16H9F3N2O3S. The number of carboxylic acids is 1. The van der Waals surface area contributed by atoms with Crippen molar-refractivity contribution in [3.8, 4) is 5.69 Å². The van der Waals surface area contributed by atoms with Gasteiger partial charge in [-0.3, -0.25) is 0 Å². The third-order valence-corrected chi connectivity index (χ3v) is 4.47. The van der Waals surface area contributed by atoms with E-state index in [4.69, 9.17) is 0 Å². The molecule has 0 aliphatic heterocycles. The van der Waals surface area contributed by atoms with Crippen molar-refractivity contribution in [1.82, 2.24) is 4.57 Å². The molecule has 1 N–H and O–H groups in total. The van der Waals surface area contributed by atoms with Crippen molar-refractivity contribution in [2.45, 2.75) is 13.1 Å². The van der Waals surface area contributed by atoms with E-state index in [0.717, 1.165) is 6.07 Å². The summed E-state index contributed by atoms with van der Waals surface area (Å²) < 4.78 is 40.9. The van der Waals surface area contributed by atoms with Crippen LogP contribution < -0.4 is 0 Å². The lowest BCUT2D eigenvalue weighted by atomic mass is 10.0. The predicted molar refractivity (Wildman–Crippen MR) is 85.6 cm³/mol. The second kappa shape index (κ2) is 5.87. The van der Waals surface area contributed by atoms with Crippen molar-refractivity contribution in [3.63, 3.8) is 0 Å². The summed E-state index contributed by atoms with van der Waals surface area (Å²) in [6.07, 6.45) is -3.38. The van der Waals surface area contributed by atoms with Gasteiger partial charge in [-0.15, -0.1) is 0 Å². The summed E-state index contributed by atoms with van der Waals surface area (Å²) >= 11 is 1.30. The van der Waals surface area contributed by atoms with E-state index in [0.29, 0.717) is 5.69 Å². The number of aromatic nitrogens is 1. The molecular weight excluding hydrogens is 357 g/mol. The number of aliphatic imine (C=N–C) groups is 1. The summed E-state index contributed by atoms with van der Waals surface area (Å²) in [5, 5.41) is 12.9. The van der Waals surface area contributed by atoms with Crippen LogP contribution in [-0.2, 0) is 11.0 Å². The predicted octanol–water partition coefficient (Wildman–Crippen LogP) is 4.68. The normalized spacial score (nSPS) is 11.5. The molecule has 9 heteroatoms. The number of rotatable bonds is 3. The highest BCUT2D eigenvalue weighted by Crippen LogP contribution is 2.42. The summed E-state index contributed by atoms with van der Waals surface area (Å²) in [6.45, 7) is 1.22. The minimum Gasteiger partial charge on any atom is -0.476 e. The molecule has 3 aromatic rings. The summed E-state index contributed by atoms with van der Waals surface area (Å²) in [5.41, 5.74) is -1.17. The number of alkyl halides is 3. The number of isocyanates is 1. The van der Waals surface area contributed by atoms with Gasteiger partial charge in [-0.2, -0.15) is 29.5 Å². The third kappa shape index (κ3) is 2.63. The molecule has 0 atom stereocenters. The minimum absolute atomic E-state index is 0.0400. The maximum Gasteiger partial charge on any atom is 0.416 e. The van der Waals surface area contributed by atoms with Crippen molar-refractivity contribution < 1.29 is 27.9 Å². The zero-order valence-electron chi connectivity index (χ0n) is 12.6. The molecule has 2 heterocycles. The van der Waals surface area contributed by atoms with Crippen molar-refractivity contribution in [1.29, 1.82) is 0 Å². The Labute approximate surface area is 142 Å². The van der Waals surface area contributed by atoms with Gasteiger partial charge in [0.15, 0.2) is 5.69 Å². The van der Waals surface area contributed by atoms with Crippen LogP contribution in [0.1, 0.15) is 21.6 Å². The highest BCUT2D eigenvalue weighted by molar-refractivity contribution is 7.08. The summed E-state index contributed by atoms with van der Waals surface area (Å²) in [7, 11) is 0. The van der Waals surface area contributed by atoms with Crippen LogP contribution in [0, 0.1) is 6.92 Å². The van der Waals surface area contributed by atoms with Gasteiger partial charge in [0.25, 0.3) is 0 Å². The van der Waals surface area contributed by atoms with E-state index in [1.165, 1.54) is 35.0 Å². The smallest absolute Gasteiger partial charge is 0.416 e. The van der Waals surface area contributed by atoms with Gasteiger partial charge in [0.05, 0.1) is 16.8 Å². The number of nitrogens with zero attached hydrogens (tertiary/aromatic N) is 2. The van der Waals surface area contributed by atoms with Gasteiger partial charge in [-0.25, -0.2) is 9.59 Å². The van der Waals surface area contributed by atoms with E-state index < -0.39 is 17.7 Å². The number of carbonyl (C=O) groups is 1. The molecule has 3 rings (SSSR count). The first-order valence-corrected chi connectivity index (χ1v) is 7.80. The summed E-state index contributed by atoms with van der Waals surface area (Å²) in [5.74, 6) is -1.41. The lowest BCUT2D eigenvalue weighted by Gasteiger charge is -2.12. The Morgan fingerprint density at radius 3 is 2.56 bits per heavy atom. The van der Waals surface area contributed by atoms with E-state index in [-0.39, 0.29) is 27.8 Å². The first kappa shape index (κ1) is 16.9. The average molecular weight is 366 g/mol. The number of hydrogen-bond donors (Lipinski definition) is 1. The van der Waals surface area contributed by atoms with Crippen LogP contribution in [0.3, 0.4) is 0 Å². The van der Waals surface area contributed by atoms with Gasteiger partial charge in [0.1, 0.15) is 5.69 Å². The van der Waals surface area contributed by atoms with Crippen molar-refractivity contribution in [2.24, 2.45) is 4.99 Å². The first-order chi connectivity index (χ1) is 11.8. The van der Waals surface area contributed by atoms with Crippen LogP contribution in [-0.4, -0.2) is 21.7 Å². The van der Waals surface area contributed by atoms with Gasteiger partial charge < -0.3 is 9.67 Å². The summed E-state index contributed by atoms with van der Waals surface area (Å²) in [6, 6.07) is 3.69. The fraction of sp³-hybridized carbons (Fsp3) is 0.125. The molecule has 0 unspecified atom stereocenters. The Bertz CT molecular complexity index is 1030. The largest absolute Gasteiger partial charge is 0.476 e. The highest BCUT2D eigenvalue weighted by Gasteiger charge is 2.35. The van der Waals surface area contributed by atoms with Gasteiger partial charge >= 0.3 is 12.1 Å². The van der Waals surface area contributed by atoms with Crippen LogP contribution in [0.25, 0.3) is 16.6 Å². The second-order valence-corrected chi connectivity index (χ2v) is 5.93. The lowest BCUT2D eigenvalue weighted by molar-refractivity contribution is -0.137. The third-order valence-electron chi connectivity index (χ3n) is 3.80. The SMILES string of the molecule is Cc1c(C(F)(F)F)ccc2c1c(N=C=O)c(C(=O)O)n2-c1ccsc1. The Kier molecular flexibility index (Phi) is 3.98. The number of carboxylic acid groups (broad SMARTS) is 1. The van der Waals surface area contributed by atoms with Crippen LogP contribution in [0.2, 0.25) is 0 Å². The molecule has 0 amide bonds. The highest BCUT2D eigenvalue weighted by atomic mass is 32.1. The van der Waals surface area contributed by atoms with E-state index in [9.17, 15) is 27.9 Å². The van der Waals surface area contributed by atoms with Crippen LogP contribution >= 0.6 is 11.3 Å².